The van der Waals surface area contributed by atoms with Crippen LogP contribution in [0, 0.1) is 6.92 Å². The van der Waals surface area contributed by atoms with Gasteiger partial charge in [-0.3, -0.25) is 4.79 Å². The van der Waals surface area contributed by atoms with Crippen molar-refractivity contribution in [1.29, 1.82) is 0 Å². The summed E-state index contributed by atoms with van der Waals surface area (Å²) in [5.41, 5.74) is 0.770. The van der Waals surface area contributed by atoms with E-state index >= 15 is 0 Å². The number of nitrogens with zero attached hydrogens (tertiary/aromatic N) is 2. The van der Waals surface area contributed by atoms with E-state index in [0.29, 0.717) is 18.4 Å². The van der Waals surface area contributed by atoms with Crippen LogP contribution in [0.2, 0.25) is 0 Å². The second kappa shape index (κ2) is 6.78. The number of ether oxygens (including phenoxy) is 2. The quantitative estimate of drug-likeness (QED) is 0.775. The maximum atomic E-state index is 11.2. The minimum atomic E-state index is -0.339. The number of anilines is 1. The van der Waals surface area contributed by atoms with Crippen LogP contribution in [0.25, 0.3) is 0 Å². The average molecular weight is 253 g/mol. The van der Waals surface area contributed by atoms with Gasteiger partial charge in [0.05, 0.1) is 12.7 Å². The summed E-state index contributed by atoms with van der Waals surface area (Å²) in [6.45, 7) is 7.84. The summed E-state index contributed by atoms with van der Waals surface area (Å²) in [4.78, 5) is 19.5. The first-order chi connectivity index (χ1) is 8.51. The summed E-state index contributed by atoms with van der Waals surface area (Å²) < 4.78 is 10.3. The highest BCUT2D eigenvalue weighted by molar-refractivity contribution is 5.74. The zero-order valence-electron chi connectivity index (χ0n) is 11.2. The molecule has 0 saturated heterocycles. The van der Waals surface area contributed by atoms with E-state index in [9.17, 15) is 4.79 Å². The lowest BCUT2D eigenvalue weighted by Crippen LogP contribution is -2.18. The monoisotopic (exact) mass is 253 g/mol. The standard InChI is InChI=1S/C12H19N3O3/c1-5-17-11(16)7-13-12-14-9(4)6-10(15-12)18-8(2)3/h6,8H,5,7H2,1-4H3,(H,13,14,15). The fraction of sp³-hybridized carbons (Fsp3) is 0.583. The molecule has 0 bridgehead atoms. The Morgan fingerprint density at radius 2 is 2.17 bits per heavy atom. The number of hydrogen-bond acceptors (Lipinski definition) is 6. The Kier molecular flexibility index (Phi) is 5.35. The third-order valence-electron chi connectivity index (χ3n) is 1.88. The number of aryl methyl sites for hydroxylation is 1. The summed E-state index contributed by atoms with van der Waals surface area (Å²) >= 11 is 0. The van der Waals surface area contributed by atoms with E-state index in [1.165, 1.54) is 0 Å². The van der Waals surface area contributed by atoms with Gasteiger partial charge in [0.15, 0.2) is 0 Å². The van der Waals surface area contributed by atoms with Gasteiger partial charge in [-0.15, -0.1) is 0 Å². The Morgan fingerprint density at radius 3 is 2.78 bits per heavy atom. The van der Waals surface area contributed by atoms with Crippen molar-refractivity contribution in [1.82, 2.24) is 9.97 Å². The summed E-state index contributed by atoms with van der Waals surface area (Å²) in [5, 5.41) is 2.81. The van der Waals surface area contributed by atoms with Crippen LogP contribution in [-0.4, -0.2) is 35.2 Å². The number of aromatic nitrogens is 2. The van der Waals surface area contributed by atoms with Crippen molar-refractivity contribution in [2.24, 2.45) is 0 Å². The second-order valence-corrected chi connectivity index (χ2v) is 4.00. The maximum Gasteiger partial charge on any atom is 0.325 e. The first-order valence-corrected chi connectivity index (χ1v) is 5.93. The van der Waals surface area contributed by atoms with E-state index in [4.69, 9.17) is 9.47 Å². The highest BCUT2D eigenvalue weighted by Gasteiger charge is 2.07. The molecule has 1 rings (SSSR count). The molecule has 0 amide bonds. The summed E-state index contributed by atoms with van der Waals surface area (Å²) in [6, 6.07) is 1.75. The molecule has 6 nitrogen and oxygen atoms in total. The zero-order chi connectivity index (χ0) is 13.5. The normalized spacial score (nSPS) is 10.3. The third kappa shape index (κ3) is 4.99. The van der Waals surface area contributed by atoms with Gasteiger partial charge in [-0.1, -0.05) is 0 Å². The van der Waals surface area contributed by atoms with Crippen LogP contribution >= 0.6 is 0 Å². The predicted octanol–water partition coefficient (Wildman–Crippen LogP) is 1.55. The molecular formula is C12H19N3O3. The van der Waals surface area contributed by atoms with Crippen molar-refractivity contribution >= 4 is 11.9 Å². The Morgan fingerprint density at radius 1 is 1.44 bits per heavy atom. The Bertz CT molecular complexity index is 408. The molecule has 0 aliphatic rings. The molecule has 1 N–H and O–H groups in total. The Labute approximate surface area is 107 Å². The maximum absolute atomic E-state index is 11.2. The SMILES string of the molecule is CCOC(=O)CNc1nc(C)cc(OC(C)C)n1. The van der Waals surface area contributed by atoms with Gasteiger partial charge in [0.1, 0.15) is 6.54 Å². The number of rotatable bonds is 6. The molecular weight excluding hydrogens is 234 g/mol. The van der Waals surface area contributed by atoms with Gasteiger partial charge in [0.25, 0.3) is 0 Å². The van der Waals surface area contributed by atoms with Crippen molar-refractivity contribution in [2.45, 2.75) is 33.8 Å². The van der Waals surface area contributed by atoms with E-state index in [1.807, 2.05) is 20.8 Å². The molecule has 0 saturated carbocycles. The molecule has 1 heterocycles. The lowest BCUT2D eigenvalue weighted by Gasteiger charge is -2.11. The number of esters is 1. The van der Waals surface area contributed by atoms with Gasteiger partial charge in [-0.2, -0.15) is 4.98 Å². The van der Waals surface area contributed by atoms with Gasteiger partial charge in [0.2, 0.25) is 11.8 Å². The molecule has 0 aromatic carbocycles. The highest BCUT2D eigenvalue weighted by atomic mass is 16.5. The number of nitrogens with one attached hydrogen (secondary N) is 1. The van der Waals surface area contributed by atoms with Gasteiger partial charge in [0, 0.05) is 11.8 Å². The molecule has 0 unspecified atom stereocenters. The van der Waals surface area contributed by atoms with Crippen LogP contribution in [0.15, 0.2) is 6.07 Å². The number of carbonyl (C=O) groups excluding carboxylic acids is 1. The first kappa shape index (κ1) is 14.2. The average Bonchev–Trinajstić information content (AvgIpc) is 2.25. The lowest BCUT2D eigenvalue weighted by atomic mass is 10.4. The van der Waals surface area contributed by atoms with Crippen LogP contribution in [0.3, 0.4) is 0 Å². The number of carbonyl (C=O) groups is 1. The fourth-order valence-electron chi connectivity index (χ4n) is 1.28. The molecule has 6 heteroatoms. The first-order valence-electron chi connectivity index (χ1n) is 5.93. The fourth-order valence-corrected chi connectivity index (χ4v) is 1.28. The molecule has 1 aromatic heterocycles. The van der Waals surface area contributed by atoms with Gasteiger partial charge in [-0.25, -0.2) is 4.98 Å². The van der Waals surface area contributed by atoms with Crippen molar-refractivity contribution in [3.63, 3.8) is 0 Å². The van der Waals surface area contributed by atoms with Gasteiger partial charge < -0.3 is 14.8 Å². The van der Waals surface area contributed by atoms with Gasteiger partial charge >= 0.3 is 5.97 Å². The molecule has 0 spiro atoms. The van der Waals surface area contributed by atoms with Crippen LogP contribution in [0.4, 0.5) is 5.95 Å². The van der Waals surface area contributed by atoms with E-state index in [1.54, 1.807) is 13.0 Å². The van der Waals surface area contributed by atoms with Gasteiger partial charge in [-0.05, 0) is 27.7 Å². The third-order valence-corrected chi connectivity index (χ3v) is 1.88. The largest absolute Gasteiger partial charge is 0.475 e. The second-order valence-electron chi connectivity index (χ2n) is 4.00. The molecule has 0 fully saturated rings. The minimum absolute atomic E-state index is 0.0391. The van der Waals surface area contributed by atoms with Crippen LogP contribution in [0.1, 0.15) is 26.5 Å². The molecule has 0 aliphatic heterocycles. The smallest absolute Gasteiger partial charge is 0.325 e. The van der Waals surface area contributed by atoms with Crippen molar-refractivity contribution in [2.75, 3.05) is 18.5 Å². The van der Waals surface area contributed by atoms with E-state index in [-0.39, 0.29) is 18.6 Å². The zero-order valence-corrected chi connectivity index (χ0v) is 11.2. The van der Waals surface area contributed by atoms with E-state index < -0.39 is 0 Å². The van der Waals surface area contributed by atoms with E-state index in [2.05, 4.69) is 15.3 Å². The minimum Gasteiger partial charge on any atom is -0.475 e. The number of hydrogen-bond donors (Lipinski definition) is 1. The van der Waals surface area contributed by atoms with Crippen LogP contribution in [-0.2, 0) is 9.53 Å². The predicted molar refractivity (Wildman–Crippen MR) is 67.7 cm³/mol. The Balaban J connectivity index is 2.65. The summed E-state index contributed by atoms with van der Waals surface area (Å²) in [7, 11) is 0. The van der Waals surface area contributed by atoms with Crippen LogP contribution in [0.5, 0.6) is 5.88 Å². The summed E-state index contributed by atoms with van der Waals surface area (Å²) in [5.74, 6) is 0.511. The van der Waals surface area contributed by atoms with Crippen molar-refractivity contribution < 1.29 is 14.3 Å². The van der Waals surface area contributed by atoms with E-state index in [0.717, 1.165) is 5.69 Å². The molecule has 0 atom stereocenters. The Hall–Kier alpha value is -1.85. The van der Waals surface area contributed by atoms with Crippen molar-refractivity contribution in [3.8, 4) is 5.88 Å². The molecule has 1 aromatic rings. The molecule has 0 aliphatic carbocycles. The highest BCUT2D eigenvalue weighted by Crippen LogP contribution is 2.13. The summed E-state index contributed by atoms with van der Waals surface area (Å²) in [6.07, 6.45) is 0.0391. The molecule has 0 radical (unpaired) electrons. The molecule has 100 valence electrons. The van der Waals surface area contributed by atoms with Crippen LogP contribution < -0.4 is 10.1 Å². The molecule has 18 heavy (non-hydrogen) atoms. The van der Waals surface area contributed by atoms with Crippen molar-refractivity contribution in [3.05, 3.63) is 11.8 Å². The lowest BCUT2D eigenvalue weighted by molar-refractivity contribution is -0.140. The topological polar surface area (TPSA) is 73.3 Å².